The predicted octanol–water partition coefficient (Wildman–Crippen LogP) is 3.70. The van der Waals surface area contributed by atoms with E-state index < -0.39 is 23.5 Å². The van der Waals surface area contributed by atoms with Gasteiger partial charge in [0.05, 0.1) is 18.0 Å². The Kier molecular flexibility index (Phi) is 7.06. The Morgan fingerprint density at radius 2 is 1.74 bits per heavy atom. The Labute approximate surface area is 200 Å². The molecule has 9 heteroatoms. The van der Waals surface area contributed by atoms with Gasteiger partial charge in [0.25, 0.3) is 17.7 Å². The number of rotatable bonds is 8. The molecule has 0 aromatic heterocycles. The van der Waals surface area contributed by atoms with Crippen LogP contribution in [0.3, 0.4) is 0 Å². The summed E-state index contributed by atoms with van der Waals surface area (Å²) in [7, 11) is 0. The van der Waals surface area contributed by atoms with E-state index in [4.69, 9.17) is 9.47 Å². The molecule has 178 valence electrons. The number of para-hydroxylation sites is 2. The van der Waals surface area contributed by atoms with Crippen LogP contribution in [0.2, 0.25) is 0 Å². The van der Waals surface area contributed by atoms with Gasteiger partial charge in [0.1, 0.15) is 11.4 Å². The average Bonchev–Trinajstić information content (AvgIpc) is 3.14. The molecule has 0 unspecified atom stereocenters. The van der Waals surface area contributed by atoms with Crippen LogP contribution < -0.4 is 25.2 Å². The first kappa shape index (κ1) is 23.5. The first-order valence-electron chi connectivity index (χ1n) is 10.8. The number of hydrazine groups is 1. The number of benzene rings is 3. The molecule has 0 spiro atoms. The van der Waals surface area contributed by atoms with Crippen molar-refractivity contribution in [1.29, 1.82) is 0 Å². The third-order valence-electron chi connectivity index (χ3n) is 4.99. The van der Waals surface area contributed by atoms with Crippen molar-refractivity contribution in [3.63, 3.8) is 0 Å². The molecule has 0 atom stereocenters. The van der Waals surface area contributed by atoms with Crippen LogP contribution in [0.15, 0.2) is 78.4 Å². The van der Waals surface area contributed by atoms with Crippen LogP contribution in [-0.4, -0.2) is 30.9 Å². The monoisotopic (exact) mass is 475 g/mol. The Morgan fingerprint density at radius 1 is 1.00 bits per heavy atom. The van der Waals surface area contributed by atoms with Gasteiger partial charge < -0.3 is 14.8 Å². The van der Waals surface area contributed by atoms with Crippen molar-refractivity contribution < 1.29 is 28.2 Å². The van der Waals surface area contributed by atoms with Crippen molar-refractivity contribution in [2.24, 2.45) is 0 Å². The molecule has 1 fully saturated rings. The van der Waals surface area contributed by atoms with E-state index in [2.05, 4.69) is 10.7 Å². The Morgan fingerprint density at radius 3 is 2.49 bits per heavy atom. The summed E-state index contributed by atoms with van der Waals surface area (Å²) in [5.41, 5.74) is 3.64. The van der Waals surface area contributed by atoms with Crippen LogP contribution in [0.5, 0.6) is 11.5 Å². The summed E-state index contributed by atoms with van der Waals surface area (Å²) in [6.07, 6.45) is 1.46. The number of halogens is 1. The van der Waals surface area contributed by atoms with E-state index in [1.807, 2.05) is 6.07 Å². The predicted molar refractivity (Wildman–Crippen MR) is 128 cm³/mol. The fourth-order valence-electron chi connectivity index (χ4n) is 3.38. The lowest BCUT2D eigenvalue weighted by Gasteiger charge is -2.14. The maximum Gasteiger partial charge on any atom is 0.282 e. The number of anilines is 2. The van der Waals surface area contributed by atoms with Crippen molar-refractivity contribution in [3.8, 4) is 11.5 Å². The van der Waals surface area contributed by atoms with Gasteiger partial charge in [0.15, 0.2) is 18.1 Å². The van der Waals surface area contributed by atoms with E-state index in [1.54, 1.807) is 55.5 Å². The second kappa shape index (κ2) is 10.5. The topological polar surface area (TPSA) is 97.0 Å². The Balaban J connectivity index is 1.48. The Bertz CT molecular complexity index is 1290. The summed E-state index contributed by atoms with van der Waals surface area (Å²) in [4.78, 5) is 37.4. The normalized spacial score (nSPS) is 14.1. The van der Waals surface area contributed by atoms with Crippen LogP contribution in [-0.2, 0) is 14.4 Å². The minimum absolute atomic E-state index is 0.0331. The van der Waals surface area contributed by atoms with Gasteiger partial charge >= 0.3 is 0 Å². The van der Waals surface area contributed by atoms with Crippen LogP contribution in [0.1, 0.15) is 12.5 Å². The molecule has 1 saturated heterocycles. The molecule has 0 bridgehead atoms. The van der Waals surface area contributed by atoms with E-state index in [-0.39, 0.29) is 23.6 Å². The number of hydrogen-bond acceptors (Lipinski definition) is 5. The summed E-state index contributed by atoms with van der Waals surface area (Å²) >= 11 is 0. The van der Waals surface area contributed by atoms with Crippen molar-refractivity contribution in [1.82, 2.24) is 5.43 Å². The molecule has 0 saturated carbocycles. The average molecular weight is 475 g/mol. The zero-order valence-electron chi connectivity index (χ0n) is 18.8. The van der Waals surface area contributed by atoms with Gasteiger partial charge in [-0.2, -0.15) is 0 Å². The maximum atomic E-state index is 13.7. The van der Waals surface area contributed by atoms with Gasteiger partial charge in [-0.1, -0.05) is 36.4 Å². The standard InChI is InChI=1S/C26H22FN3O5/c1-2-34-23-15-17(14-19-25(32)29-30(26(19)33)18-8-4-3-5-9-18)12-13-22(23)35-16-24(31)28-21-11-7-6-10-20(21)27/h3-15H,2,16H2,1H3,(H,28,31)(H,29,32). The smallest absolute Gasteiger partial charge is 0.282 e. The summed E-state index contributed by atoms with van der Waals surface area (Å²) in [6, 6.07) is 19.4. The molecule has 1 aliphatic rings. The highest BCUT2D eigenvalue weighted by atomic mass is 19.1. The summed E-state index contributed by atoms with van der Waals surface area (Å²) in [5.74, 6) is -1.49. The van der Waals surface area contributed by atoms with Crippen molar-refractivity contribution in [2.45, 2.75) is 6.92 Å². The molecular weight excluding hydrogens is 453 g/mol. The number of hydrogen-bond donors (Lipinski definition) is 2. The molecular formula is C26H22FN3O5. The molecule has 8 nitrogen and oxygen atoms in total. The van der Waals surface area contributed by atoms with Crippen LogP contribution in [0, 0.1) is 5.82 Å². The molecule has 1 heterocycles. The fraction of sp³-hybridized carbons (Fsp3) is 0.115. The van der Waals surface area contributed by atoms with E-state index in [0.717, 1.165) is 0 Å². The van der Waals surface area contributed by atoms with Crippen molar-refractivity contribution >= 4 is 35.2 Å². The lowest BCUT2D eigenvalue weighted by molar-refractivity contribution is -0.118. The van der Waals surface area contributed by atoms with Gasteiger partial charge in [-0.05, 0) is 55.0 Å². The summed E-state index contributed by atoms with van der Waals surface area (Å²) < 4.78 is 24.9. The third kappa shape index (κ3) is 5.47. The lowest BCUT2D eigenvalue weighted by Crippen LogP contribution is -2.35. The first-order valence-corrected chi connectivity index (χ1v) is 10.8. The zero-order chi connectivity index (χ0) is 24.8. The first-order chi connectivity index (χ1) is 17.0. The van der Waals surface area contributed by atoms with E-state index in [9.17, 15) is 18.8 Å². The highest BCUT2D eigenvalue weighted by Crippen LogP contribution is 2.30. The maximum absolute atomic E-state index is 13.7. The molecule has 3 aromatic rings. The van der Waals surface area contributed by atoms with E-state index >= 15 is 0 Å². The van der Waals surface area contributed by atoms with Gasteiger partial charge in [-0.3, -0.25) is 19.8 Å². The highest BCUT2D eigenvalue weighted by Gasteiger charge is 2.34. The molecule has 4 rings (SSSR count). The van der Waals surface area contributed by atoms with E-state index in [0.29, 0.717) is 23.6 Å². The molecule has 0 radical (unpaired) electrons. The third-order valence-corrected chi connectivity index (χ3v) is 4.99. The number of amides is 3. The van der Waals surface area contributed by atoms with Gasteiger partial charge in [-0.15, -0.1) is 0 Å². The minimum atomic E-state index is -0.551. The quantitative estimate of drug-likeness (QED) is 0.383. The minimum Gasteiger partial charge on any atom is -0.490 e. The molecule has 35 heavy (non-hydrogen) atoms. The number of nitrogens with one attached hydrogen (secondary N) is 2. The van der Waals surface area contributed by atoms with Crippen LogP contribution in [0.25, 0.3) is 6.08 Å². The SMILES string of the molecule is CCOc1cc(C=C2C(=O)NN(c3ccccc3)C2=O)ccc1OCC(=O)Nc1ccccc1F. The summed E-state index contributed by atoms with van der Waals surface area (Å²) in [5, 5.41) is 3.63. The molecule has 2 N–H and O–H groups in total. The molecule has 3 amide bonds. The Hall–Kier alpha value is -4.66. The number of nitrogens with zero attached hydrogens (tertiary/aromatic N) is 1. The summed E-state index contributed by atoms with van der Waals surface area (Å²) in [6.45, 7) is 1.73. The molecule has 3 aromatic carbocycles. The van der Waals surface area contributed by atoms with Crippen LogP contribution in [0.4, 0.5) is 15.8 Å². The number of carbonyl (C=O) groups is 3. The number of carbonyl (C=O) groups excluding carboxylic acids is 3. The van der Waals surface area contributed by atoms with Gasteiger partial charge in [0, 0.05) is 0 Å². The van der Waals surface area contributed by atoms with E-state index in [1.165, 1.54) is 29.3 Å². The largest absolute Gasteiger partial charge is 0.490 e. The molecule has 1 aliphatic heterocycles. The fourth-order valence-corrected chi connectivity index (χ4v) is 3.38. The highest BCUT2D eigenvalue weighted by molar-refractivity contribution is 6.31. The van der Waals surface area contributed by atoms with Crippen LogP contribution >= 0.6 is 0 Å². The van der Waals surface area contributed by atoms with Crippen molar-refractivity contribution in [3.05, 3.63) is 89.8 Å². The second-order valence-electron chi connectivity index (χ2n) is 7.43. The number of ether oxygens (including phenoxy) is 2. The zero-order valence-corrected chi connectivity index (χ0v) is 18.8. The van der Waals surface area contributed by atoms with Gasteiger partial charge in [0.2, 0.25) is 0 Å². The van der Waals surface area contributed by atoms with Gasteiger partial charge in [-0.25, -0.2) is 9.40 Å². The molecule has 0 aliphatic carbocycles. The lowest BCUT2D eigenvalue weighted by atomic mass is 10.1. The van der Waals surface area contributed by atoms with Crippen molar-refractivity contribution in [2.75, 3.05) is 23.5 Å². The second-order valence-corrected chi connectivity index (χ2v) is 7.43.